The molecular formula is C13H14ClFN2S. The molecule has 18 heavy (non-hydrogen) atoms. The fraction of sp³-hybridized carbons (Fsp3) is 0.308. The van der Waals surface area contributed by atoms with Crippen LogP contribution in [0.5, 0.6) is 0 Å². The van der Waals surface area contributed by atoms with Gasteiger partial charge in [-0.2, -0.15) is 0 Å². The molecule has 96 valence electrons. The molecule has 1 aromatic heterocycles. The molecular weight excluding hydrogens is 271 g/mol. The summed E-state index contributed by atoms with van der Waals surface area (Å²) < 4.78 is 13.0. The monoisotopic (exact) mass is 284 g/mol. The average Bonchev–Trinajstić information content (AvgIpc) is 2.62. The largest absolute Gasteiger partial charge is 0.376 e. The van der Waals surface area contributed by atoms with E-state index >= 15 is 0 Å². The highest BCUT2D eigenvalue weighted by Crippen LogP contribution is 2.29. The van der Waals surface area contributed by atoms with Gasteiger partial charge in [-0.05, 0) is 39.0 Å². The summed E-state index contributed by atoms with van der Waals surface area (Å²) in [6.07, 6.45) is 0. The Morgan fingerprint density at radius 3 is 2.67 bits per heavy atom. The van der Waals surface area contributed by atoms with Gasteiger partial charge < -0.3 is 5.32 Å². The summed E-state index contributed by atoms with van der Waals surface area (Å²) in [6, 6.07) is 4.37. The van der Waals surface area contributed by atoms with Crippen molar-refractivity contribution in [2.75, 3.05) is 5.32 Å². The molecule has 2 nitrogen and oxygen atoms in total. The Morgan fingerprint density at radius 1 is 1.39 bits per heavy atom. The Balaban J connectivity index is 2.21. The van der Waals surface area contributed by atoms with Crippen molar-refractivity contribution in [1.29, 1.82) is 0 Å². The molecule has 1 aromatic carbocycles. The SMILES string of the molecule is Cc1nc(C(C)Nc2ccc(F)cc2Cl)c(C)s1. The molecule has 0 radical (unpaired) electrons. The molecule has 1 heterocycles. The molecule has 0 aliphatic carbocycles. The molecule has 0 amide bonds. The number of nitrogens with zero attached hydrogens (tertiary/aromatic N) is 1. The number of anilines is 1. The zero-order valence-electron chi connectivity index (χ0n) is 10.4. The first kappa shape index (κ1) is 13.3. The van der Waals surface area contributed by atoms with E-state index in [1.807, 2.05) is 20.8 Å². The zero-order chi connectivity index (χ0) is 13.3. The summed E-state index contributed by atoms with van der Waals surface area (Å²) in [5.41, 5.74) is 1.73. The quantitative estimate of drug-likeness (QED) is 0.882. The van der Waals surface area contributed by atoms with Gasteiger partial charge >= 0.3 is 0 Å². The third-order valence-corrected chi connectivity index (χ3v) is 3.87. The maximum absolute atomic E-state index is 13.0. The maximum atomic E-state index is 13.0. The van der Waals surface area contributed by atoms with E-state index in [0.717, 1.165) is 16.4 Å². The van der Waals surface area contributed by atoms with Crippen molar-refractivity contribution >= 4 is 28.6 Å². The van der Waals surface area contributed by atoms with E-state index in [0.29, 0.717) is 5.02 Å². The van der Waals surface area contributed by atoms with Crippen LogP contribution in [0.15, 0.2) is 18.2 Å². The van der Waals surface area contributed by atoms with E-state index in [2.05, 4.69) is 10.3 Å². The Hall–Kier alpha value is -1.13. The van der Waals surface area contributed by atoms with Gasteiger partial charge in [0.05, 0.1) is 27.5 Å². The van der Waals surface area contributed by atoms with Crippen LogP contribution in [0.1, 0.15) is 28.5 Å². The van der Waals surface area contributed by atoms with Crippen LogP contribution in [0.2, 0.25) is 5.02 Å². The minimum absolute atomic E-state index is 0.0397. The van der Waals surface area contributed by atoms with Gasteiger partial charge in [0.2, 0.25) is 0 Å². The lowest BCUT2D eigenvalue weighted by atomic mass is 10.2. The van der Waals surface area contributed by atoms with E-state index in [1.165, 1.54) is 17.0 Å². The second kappa shape index (κ2) is 5.24. The highest BCUT2D eigenvalue weighted by Gasteiger charge is 2.14. The van der Waals surface area contributed by atoms with E-state index in [9.17, 15) is 4.39 Å². The maximum Gasteiger partial charge on any atom is 0.124 e. The number of hydrogen-bond acceptors (Lipinski definition) is 3. The van der Waals surface area contributed by atoms with Crippen molar-refractivity contribution in [3.63, 3.8) is 0 Å². The standard InChI is InChI=1S/C13H14ClFN2S/c1-7(13-8(2)18-9(3)17-13)16-12-5-4-10(15)6-11(12)14/h4-7,16H,1-3H3. The molecule has 1 unspecified atom stereocenters. The summed E-state index contributed by atoms with van der Waals surface area (Å²) in [6.45, 7) is 6.05. The highest BCUT2D eigenvalue weighted by molar-refractivity contribution is 7.11. The lowest BCUT2D eigenvalue weighted by molar-refractivity contribution is 0.628. The number of halogens is 2. The predicted molar refractivity (Wildman–Crippen MR) is 75.0 cm³/mol. The van der Waals surface area contributed by atoms with Gasteiger partial charge in [-0.1, -0.05) is 11.6 Å². The lowest BCUT2D eigenvalue weighted by Gasteiger charge is -2.15. The fourth-order valence-corrected chi connectivity index (χ4v) is 2.99. The number of rotatable bonds is 3. The molecule has 0 spiro atoms. The van der Waals surface area contributed by atoms with Crippen molar-refractivity contribution in [2.24, 2.45) is 0 Å². The van der Waals surface area contributed by atoms with Crippen LogP contribution in [0, 0.1) is 19.7 Å². The summed E-state index contributed by atoms with van der Waals surface area (Å²) in [4.78, 5) is 5.68. The Labute approximate surface area is 115 Å². The van der Waals surface area contributed by atoms with Crippen molar-refractivity contribution < 1.29 is 4.39 Å². The summed E-state index contributed by atoms with van der Waals surface area (Å²) in [7, 11) is 0. The van der Waals surface area contributed by atoms with Gasteiger partial charge in [0.1, 0.15) is 5.82 Å². The van der Waals surface area contributed by atoms with Crippen molar-refractivity contribution in [3.05, 3.63) is 44.6 Å². The molecule has 0 aliphatic heterocycles. The van der Waals surface area contributed by atoms with Crippen LogP contribution >= 0.6 is 22.9 Å². The molecule has 0 aliphatic rings. The first-order chi connectivity index (χ1) is 8.47. The van der Waals surface area contributed by atoms with Gasteiger partial charge in [-0.15, -0.1) is 11.3 Å². The van der Waals surface area contributed by atoms with Gasteiger partial charge in [-0.25, -0.2) is 9.37 Å². The van der Waals surface area contributed by atoms with Crippen LogP contribution in [0.4, 0.5) is 10.1 Å². The summed E-state index contributed by atoms with van der Waals surface area (Å²) in [5.74, 6) is -0.334. The zero-order valence-corrected chi connectivity index (χ0v) is 12.0. The van der Waals surface area contributed by atoms with Gasteiger partial charge in [0, 0.05) is 4.88 Å². The molecule has 5 heteroatoms. The van der Waals surface area contributed by atoms with Gasteiger partial charge in [0.25, 0.3) is 0 Å². The predicted octanol–water partition coefficient (Wildman–Crippen LogP) is 4.73. The first-order valence-corrected chi connectivity index (χ1v) is 6.82. The van der Waals surface area contributed by atoms with E-state index in [1.54, 1.807) is 17.4 Å². The van der Waals surface area contributed by atoms with E-state index < -0.39 is 0 Å². The number of nitrogens with one attached hydrogen (secondary N) is 1. The van der Waals surface area contributed by atoms with Crippen LogP contribution in [0.3, 0.4) is 0 Å². The molecule has 2 aromatic rings. The number of aryl methyl sites for hydroxylation is 2. The molecule has 2 rings (SSSR count). The number of hydrogen-bond donors (Lipinski definition) is 1. The topological polar surface area (TPSA) is 24.9 Å². The molecule has 1 atom stereocenters. The van der Waals surface area contributed by atoms with Gasteiger partial charge in [0.15, 0.2) is 0 Å². The van der Waals surface area contributed by atoms with Crippen LogP contribution in [-0.4, -0.2) is 4.98 Å². The minimum Gasteiger partial charge on any atom is -0.376 e. The molecule has 0 saturated heterocycles. The van der Waals surface area contributed by atoms with Crippen LogP contribution in [-0.2, 0) is 0 Å². The Morgan fingerprint density at radius 2 is 2.11 bits per heavy atom. The fourth-order valence-electron chi connectivity index (χ4n) is 1.85. The number of benzene rings is 1. The van der Waals surface area contributed by atoms with Crippen molar-refractivity contribution in [3.8, 4) is 0 Å². The Bertz CT molecular complexity index is 568. The van der Waals surface area contributed by atoms with Crippen LogP contribution < -0.4 is 5.32 Å². The lowest BCUT2D eigenvalue weighted by Crippen LogP contribution is -2.08. The average molecular weight is 285 g/mol. The number of thiazole rings is 1. The molecule has 1 N–H and O–H groups in total. The second-order valence-corrected chi connectivity index (χ2v) is 5.98. The molecule has 0 fully saturated rings. The smallest absolute Gasteiger partial charge is 0.124 e. The van der Waals surface area contributed by atoms with Crippen molar-refractivity contribution in [1.82, 2.24) is 4.98 Å². The summed E-state index contributed by atoms with van der Waals surface area (Å²) >= 11 is 7.66. The molecule has 0 saturated carbocycles. The minimum atomic E-state index is -0.334. The third-order valence-electron chi connectivity index (χ3n) is 2.65. The van der Waals surface area contributed by atoms with Crippen molar-refractivity contribution in [2.45, 2.75) is 26.8 Å². The molecule has 0 bridgehead atoms. The highest BCUT2D eigenvalue weighted by atomic mass is 35.5. The first-order valence-electron chi connectivity index (χ1n) is 5.63. The van der Waals surface area contributed by atoms with Crippen LogP contribution in [0.25, 0.3) is 0 Å². The Kier molecular flexibility index (Phi) is 3.88. The van der Waals surface area contributed by atoms with E-state index in [4.69, 9.17) is 11.6 Å². The second-order valence-electron chi connectivity index (χ2n) is 4.16. The van der Waals surface area contributed by atoms with E-state index in [-0.39, 0.29) is 11.9 Å². The normalized spacial score (nSPS) is 12.5. The third kappa shape index (κ3) is 2.82. The number of aromatic nitrogens is 1. The summed E-state index contributed by atoms with van der Waals surface area (Å²) in [5, 5.41) is 4.68. The van der Waals surface area contributed by atoms with Gasteiger partial charge in [-0.3, -0.25) is 0 Å².